The van der Waals surface area contributed by atoms with Crippen molar-refractivity contribution < 1.29 is 0 Å². The first-order chi connectivity index (χ1) is 10.1. The summed E-state index contributed by atoms with van der Waals surface area (Å²) in [6.45, 7) is 0.527. The Kier molecular flexibility index (Phi) is 4.24. The van der Waals surface area contributed by atoms with Crippen LogP contribution in [0.2, 0.25) is 0 Å². The number of nitriles is 1. The van der Waals surface area contributed by atoms with Crippen molar-refractivity contribution in [2.24, 2.45) is 14.1 Å². The number of nitrogens with zero attached hydrogens (tertiary/aromatic N) is 3. The Morgan fingerprint density at radius 2 is 1.81 bits per heavy atom. The molecule has 0 radical (unpaired) electrons. The molecule has 0 bridgehead atoms. The highest BCUT2D eigenvalue weighted by atomic mass is 16.2. The minimum Gasteiger partial charge on any atom is -0.370 e. The van der Waals surface area contributed by atoms with E-state index in [1.807, 2.05) is 36.4 Å². The second kappa shape index (κ2) is 6.09. The zero-order valence-electron chi connectivity index (χ0n) is 12.0. The Morgan fingerprint density at radius 3 is 2.43 bits per heavy atom. The molecule has 0 saturated heterocycles. The number of rotatable bonds is 4. The van der Waals surface area contributed by atoms with E-state index in [1.165, 1.54) is 18.7 Å². The van der Waals surface area contributed by atoms with Crippen molar-refractivity contribution in [3.8, 4) is 6.07 Å². The molecule has 108 valence electrons. The molecule has 0 aliphatic carbocycles. The molecule has 0 aliphatic heterocycles. The molecule has 2 aromatic rings. The molecule has 6 nitrogen and oxygen atoms in total. The van der Waals surface area contributed by atoms with Crippen LogP contribution in [0.4, 0.5) is 5.82 Å². The van der Waals surface area contributed by atoms with Gasteiger partial charge in [0.2, 0.25) is 0 Å². The predicted octanol–water partition coefficient (Wildman–Crippen LogP) is 0.610. The fourth-order valence-corrected chi connectivity index (χ4v) is 2.12. The van der Waals surface area contributed by atoms with Gasteiger partial charge in [0.15, 0.2) is 5.56 Å². The van der Waals surface area contributed by atoms with Crippen LogP contribution < -0.4 is 16.6 Å². The Labute approximate surface area is 121 Å². The molecular weight excluding hydrogens is 268 g/mol. The summed E-state index contributed by atoms with van der Waals surface area (Å²) in [6.07, 6.45) is 0.731. The number of benzene rings is 1. The molecule has 6 heteroatoms. The lowest BCUT2D eigenvalue weighted by molar-refractivity contribution is 0.685. The normalized spacial score (nSPS) is 10.1. The topological polar surface area (TPSA) is 79.8 Å². The van der Waals surface area contributed by atoms with Crippen molar-refractivity contribution in [3.05, 3.63) is 62.3 Å². The van der Waals surface area contributed by atoms with E-state index in [0.717, 1.165) is 16.6 Å². The van der Waals surface area contributed by atoms with E-state index >= 15 is 0 Å². The van der Waals surface area contributed by atoms with E-state index in [1.54, 1.807) is 0 Å². The van der Waals surface area contributed by atoms with Crippen LogP contribution in [-0.4, -0.2) is 15.7 Å². The Balaban J connectivity index is 2.27. The van der Waals surface area contributed by atoms with Gasteiger partial charge in [-0.05, 0) is 12.0 Å². The average Bonchev–Trinajstić information content (AvgIpc) is 2.51. The smallest absolute Gasteiger partial charge is 0.332 e. The molecule has 0 saturated carbocycles. The molecule has 0 fully saturated rings. The summed E-state index contributed by atoms with van der Waals surface area (Å²) in [7, 11) is 2.90. The number of anilines is 1. The zero-order valence-corrected chi connectivity index (χ0v) is 12.0. The van der Waals surface area contributed by atoms with Gasteiger partial charge in [-0.25, -0.2) is 4.79 Å². The molecule has 2 rings (SSSR count). The quantitative estimate of drug-likeness (QED) is 0.892. The highest BCUT2D eigenvalue weighted by Gasteiger charge is 2.14. The van der Waals surface area contributed by atoms with Crippen molar-refractivity contribution in [2.75, 3.05) is 11.9 Å². The fourth-order valence-electron chi connectivity index (χ4n) is 2.12. The monoisotopic (exact) mass is 284 g/mol. The third-order valence-electron chi connectivity index (χ3n) is 3.33. The largest absolute Gasteiger partial charge is 0.370 e. The minimum absolute atomic E-state index is 0.0485. The summed E-state index contributed by atoms with van der Waals surface area (Å²) in [5, 5.41) is 12.2. The van der Waals surface area contributed by atoms with Gasteiger partial charge in [-0.15, -0.1) is 0 Å². The summed E-state index contributed by atoms with van der Waals surface area (Å²) < 4.78 is 2.21. The molecule has 21 heavy (non-hydrogen) atoms. The molecule has 1 aromatic carbocycles. The highest BCUT2D eigenvalue weighted by molar-refractivity contribution is 5.51. The van der Waals surface area contributed by atoms with E-state index in [2.05, 4.69) is 5.32 Å². The van der Waals surface area contributed by atoms with Gasteiger partial charge >= 0.3 is 5.69 Å². The third kappa shape index (κ3) is 2.87. The predicted molar refractivity (Wildman–Crippen MR) is 80.3 cm³/mol. The van der Waals surface area contributed by atoms with Gasteiger partial charge in [0.05, 0.1) is 0 Å². The van der Waals surface area contributed by atoms with Crippen LogP contribution in [0, 0.1) is 11.3 Å². The molecule has 0 spiro atoms. The van der Waals surface area contributed by atoms with E-state index in [-0.39, 0.29) is 11.4 Å². The first kappa shape index (κ1) is 14.6. The lowest BCUT2D eigenvalue weighted by Gasteiger charge is -2.13. The minimum atomic E-state index is -0.581. The summed E-state index contributed by atoms with van der Waals surface area (Å²) in [6, 6.07) is 11.7. The first-order valence-corrected chi connectivity index (χ1v) is 6.54. The van der Waals surface area contributed by atoms with Crippen molar-refractivity contribution in [2.45, 2.75) is 6.42 Å². The van der Waals surface area contributed by atoms with Gasteiger partial charge in [-0.3, -0.25) is 13.9 Å². The van der Waals surface area contributed by atoms with Gasteiger partial charge in [0, 0.05) is 20.6 Å². The van der Waals surface area contributed by atoms with Crippen molar-refractivity contribution in [3.63, 3.8) is 0 Å². The summed E-state index contributed by atoms with van der Waals surface area (Å²) in [5.41, 5.74) is 0.0500. The number of hydrogen-bond donors (Lipinski definition) is 1. The van der Waals surface area contributed by atoms with Crippen LogP contribution in [0.15, 0.2) is 39.9 Å². The van der Waals surface area contributed by atoms with E-state index < -0.39 is 11.2 Å². The Hall–Kier alpha value is -2.81. The summed E-state index contributed by atoms with van der Waals surface area (Å²) in [4.78, 5) is 23.8. The van der Waals surface area contributed by atoms with Crippen molar-refractivity contribution in [1.82, 2.24) is 9.13 Å². The van der Waals surface area contributed by atoms with Gasteiger partial charge in [0.25, 0.3) is 5.56 Å². The number of aromatic nitrogens is 2. The van der Waals surface area contributed by atoms with Crippen LogP contribution in [-0.2, 0) is 20.5 Å². The fraction of sp³-hybridized carbons (Fsp3) is 0.267. The van der Waals surface area contributed by atoms with Gasteiger partial charge < -0.3 is 5.32 Å². The van der Waals surface area contributed by atoms with Crippen LogP contribution in [0.3, 0.4) is 0 Å². The molecule has 0 unspecified atom stereocenters. The summed E-state index contributed by atoms with van der Waals surface area (Å²) >= 11 is 0. The second-order valence-corrected chi connectivity index (χ2v) is 4.70. The van der Waals surface area contributed by atoms with Gasteiger partial charge in [-0.2, -0.15) is 5.26 Å². The molecule has 0 aliphatic rings. The Bertz CT molecular complexity index is 797. The Morgan fingerprint density at radius 1 is 1.14 bits per heavy atom. The zero-order chi connectivity index (χ0) is 15.4. The summed E-state index contributed by atoms with van der Waals surface area (Å²) in [5.74, 6) is 0.265. The standard InChI is InChI=1S/C15H16N4O2/c1-18-13(12(10-16)14(20)19(2)15(18)21)17-9-8-11-6-4-3-5-7-11/h3-7,17H,8-9H2,1-2H3. The van der Waals surface area contributed by atoms with E-state index in [4.69, 9.17) is 5.26 Å². The highest BCUT2D eigenvalue weighted by Crippen LogP contribution is 2.07. The maximum atomic E-state index is 11.9. The molecule has 1 heterocycles. The van der Waals surface area contributed by atoms with Gasteiger partial charge in [-0.1, -0.05) is 30.3 Å². The third-order valence-corrected chi connectivity index (χ3v) is 3.33. The number of hydrogen-bond acceptors (Lipinski definition) is 4. The van der Waals surface area contributed by atoms with E-state index in [0.29, 0.717) is 6.54 Å². The van der Waals surface area contributed by atoms with Crippen LogP contribution in [0.1, 0.15) is 11.1 Å². The van der Waals surface area contributed by atoms with Crippen molar-refractivity contribution in [1.29, 1.82) is 5.26 Å². The lowest BCUT2D eigenvalue weighted by Crippen LogP contribution is -2.40. The SMILES string of the molecule is Cn1c(NCCc2ccccc2)c(C#N)c(=O)n(C)c1=O. The van der Waals surface area contributed by atoms with Gasteiger partial charge in [0.1, 0.15) is 11.9 Å². The maximum Gasteiger partial charge on any atom is 0.332 e. The van der Waals surface area contributed by atoms with E-state index in [9.17, 15) is 9.59 Å². The van der Waals surface area contributed by atoms with Crippen LogP contribution in [0.25, 0.3) is 0 Å². The number of nitrogens with one attached hydrogen (secondary N) is 1. The maximum absolute atomic E-state index is 11.9. The second-order valence-electron chi connectivity index (χ2n) is 4.70. The molecule has 0 amide bonds. The first-order valence-electron chi connectivity index (χ1n) is 6.54. The average molecular weight is 284 g/mol. The molecular formula is C15H16N4O2. The molecule has 1 N–H and O–H groups in total. The lowest BCUT2D eigenvalue weighted by atomic mass is 10.1. The molecule has 0 atom stereocenters. The van der Waals surface area contributed by atoms with Crippen LogP contribution in [0.5, 0.6) is 0 Å². The van der Waals surface area contributed by atoms with Crippen LogP contribution >= 0.6 is 0 Å². The molecule has 1 aromatic heterocycles. The van der Waals surface area contributed by atoms with Crippen molar-refractivity contribution >= 4 is 5.82 Å².